The normalized spacial score (nSPS) is 10.5. The van der Waals surface area contributed by atoms with Crippen molar-refractivity contribution < 1.29 is 24.6 Å². The second kappa shape index (κ2) is 9.17. The predicted octanol–water partition coefficient (Wildman–Crippen LogP) is 5.27. The Morgan fingerprint density at radius 3 is 2.59 bits per heavy atom. The largest absolute Gasteiger partial charge is 0.504 e. The van der Waals surface area contributed by atoms with Crippen LogP contribution in [0, 0.1) is 3.82 Å². The van der Waals surface area contributed by atoms with Crippen LogP contribution in [0.3, 0.4) is 0 Å². The van der Waals surface area contributed by atoms with Crippen LogP contribution in [0.4, 0.5) is 0 Å². The van der Waals surface area contributed by atoms with Crippen molar-refractivity contribution in [2.24, 2.45) is 0 Å². The van der Waals surface area contributed by atoms with E-state index >= 15 is 0 Å². The van der Waals surface area contributed by atoms with Crippen LogP contribution < -0.4 is 5.48 Å². The number of phenols is 2. The van der Waals surface area contributed by atoms with Crippen LogP contribution in [0.5, 0.6) is 11.5 Å². The van der Waals surface area contributed by atoms with Gasteiger partial charge in [-0.2, -0.15) is 5.48 Å². The lowest BCUT2D eigenvalue weighted by molar-refractivity contribution is -0.149. The molecule has 1 aromatic heterocycles. The van der Waals surface area contributed by atoms with E-state index in [1.807, 2.05) is 18.4 Å². The van der Waals surface area contributed by atoms with Crippen molar-refractivity contribution in [3.05, 3.63) is 51.2 Å². The summed E-state index contributed by atoms with van der Waals surface area (Å²) in [6.45, 7) is 1.83. The number of benzene rings is 2. The zero-order chi connectivity index (χ0) is 21.0. The van der Waals surface area contributed by atoms with Crippen molar-refractivity contribution in [3.8, 4) is 33.8 Å². The van der Waals surface area contributed by atoms with Gasteiger partial charge in [0.15, 0.2) is 11.5 Å². The van der Waals surface area contributed by atoms with E-state index in [4.69, 9.17) is 17.1 Å². The van der Waals surface area contributed by atoms with Crippen LogP contribution in [-0.4, -0.2) is 22.1 Å². The molecule has 9 heteroatoms. The van der Waals surface area contributed by atoms with Crippen molar-refractivity contribution in [2.75, 3.05) is 0 Å². The lowest BCUT2D eigenvalue weighted by Gasteiger charge is -2.15. The molecule has 3 N–H and O–H groups in total. The van der Waals surface area contributed by atoms with Crippen molar-refractivity contribution in [1.29, 1.82) is 0 Å². The van der Waals surface area contributed by atoms with Crippen LogP contribution in [0.25, 0.3) is 22.3 Å². The third-order valence-corrected chi connectivity index (χ3v) is 6.75. The van der Waals surface area contributed by atoms with E-state index < -0.39 is 11.9 Å². The minimum Gasteiger partial charge on any atom is -0.504 e. The Hall–Kier alpha value is -2.75. The first-order valence-electron chi connectivity index (χ1n) is 8.66. The third-order valence-electron chi connectivity index (χ3n) is 4.08. The van der Waals surface area contributed by atoms with Gasteiger partial charge in [0.25, 0.3) is 5.91 Å². The molecule has 29 heavy (non-hydrogen) atoms. The summed E-state index contributed by atoms with van der Waals surface area (Å²) in [6, 6.07) is 9.42. The molecule has 0 saturated carbocycles. The van der Waals surface area contributed by atoms with E-state index in [9.17, 15) is 19.8 Å². The fourth-order valence-corrected chi connectivity index (χ4v) is 5.12. The zero-order valence-electron chi connectivity index (χ0n) is 15.3. The maximum Gasteiger partial charge on any atom is 0.332 e. The van der Waals surface area contributed by atoms with Gasteiger partial charge in [0.05, 0.1) is 5.56 Å². The summed E-state index contributed by atoms with van der Waals surface area (Å²) in [7, 11) is 2.92. The maximum atomic E-state index is 12.8. The Balaban J connectivity index is 2.12. The molecular weight excluding hydrogens is 430 g/mol. The number of aromatic hydroxyl groups is 2. The molecule has 0 unspecified atom stereocenters. The number of hydroxylamine groups is 1. The second-order valence-corrected chi connectivity index (χ2v) is 8.83. The fraction of sp³-hybridized carbons (Fsp3) is 0.150. The van der Waals surface area contributed by atoms with Crippen molar-refractivity contribution in [2.45, 2.75) is 19.8 Å². The molecule has 0 radical (unpaired) electrons. The molecular formula is C20H17NO5S3. The number of carbonyl (C=O) groups is 2. The van der Waals surface area contributed by atoms with Gasteiger partial charge < -0.3 is 15.1 Å². The summed E-state index contributed by atoms with van der Waals surface area (Å²) < 4.78 is 0.672. The van der Waals surface area contributed by atoms with Gasteiger partial charge in [0, 0.05) is 22.9 Å². The van der Waals surface area contributed by atoms with Gasteiger partial charge in [-0.3, -0.25) is 4.79 Å². The molecule has 0 atom stereocenters. The van der Waals surface area contributed by atoms with Crippen LogP contribution in [0.1, 0.15) is 30.1 Å². The molecule has 2 aromatic carbocycles. The van der Waals surface area contributed by atoms with E-state index in [2.05, 4.69) is 5.48 Å². The number of amides is 1. The molecule has 0 aliphatic carbocycles. The van der Waals surface area contributed by atoms with E-state index in [0.29, 0.717) is 26.9 Å². The Morgan fingerprint density at radius 1 is 1.14 bits per heavy atom. The first-order valence-corrected chi connectivity index (χ1v) is 11.3. The molecule has 150 valence electrons. The quantitative estimate of drug-likeness (QED) is 0.213. The third kappa shape index (κ3) is 4.64. The van der Waals surface area contributed by atoms with Crippen LogP contribution in [0.2, 0.25) is 0 Å². The van der Waals surface area contributed by atoms with Crippen LogP contribution in [0.15, 0.2) is 41.8 Å². The van der Waals surface area contributed by atoms with Crippen molar-refractivity contribution in [1.82, 2.24) is 5.48 Å². The highest BCUT2D eigenvalue weighted by atomic mass is 32.9. The number of phenolic OH excluding ortho intramolecular Hbond substituents is 2. The molecule has 0 aliphatic heterocycles. The predicted molar refractivity (Wildman–Crippen MR) is 116 cm³/mol. The molecule has 0 fully saturated rings. The summed E-state index contributed by atoms with van der Waals surface area (Å²) >= 11 is 5.42. The Labute approximate surface area is 179 Å². The number of hydrogen-bond donors (Lipinski definition) is 3. The minimum absolute atomic E-state index is 0.189. The summed E-state index contributed by atoms with van der Waals surface area (Å²) in [6.07, 6.45) is 0.789. The Morgan fingerprint density at radius 2 is 1.93 bits per heavy atom. The monoisotopic (exact) mass is 447 g/mol. The molecule has 0 aliphatic rings. The van der Waals surface area contributed by atoms with E-state index in [1.165, 1.54) is 32.8 Å². The van der Waals surface area contributed by atoms with Crippen molar-refractivity contribution in [3.63, 3.8) is 0 Å². The highest BCUT2D eigenvalue weighted by Gasteiger charge is 2.20. The molecule has 1 heterocycles. The Bertz CT molecular complexity index is 1120. The van der Waals surface area contributed by atoms with E-state index in [1.54, 1.807) is 18.2 Å². The van der Waals surface area contributed by atoms with Crippen molar-refractivity contribution >= 4 is 44.8 Å². The van der Waals surface area contributed by atoms with Gasteiger partial charge in [0.1, 0.15) is 3.82 Å². The maximum absolute atomic E-state index is 12.8. The SMILES string of the molecule is CCCC(=O)ONC(=O)c1cccc(-c2cssc2=S)c1-c1ccc(O)c(O)c1. The molecule has 1 amide bonds. The summed E-state index contributed by atoms with van der Waals surface area (Å²) in [5.74, 6) is -1.73. The first-order chi connectivity index (χ1) is 13.9. The Kier molecular flexibility index (Phi) is 6.63. The zero-order valence-corrected chi connectivity index (χ0v) is 17.7. The molecule has 0 bridgehead atoms. The van der Waals surface area contributed by atoms with Gasteiger partial charge in [-0.25, -0.2) is 4.79 Å². The molecule has 0 spiro atoms. The van der Waals surface area contributed by atoms with Gasteiger partial charge in [-0.05, 0) is 35.7 Å². The molecule has 0 saturated heterocycles. The average molecular weight is 448 g/mol. The highest BCUT2D eigenvalue weighted by molar-refractivity contribution is 7.79. The average Bonchev–Trinajstić information content (AvgIpc) is 3.13. The van der Waals surface area contributed by atoms with E-state index in [-0.39, 0.29) is 23.5 Å². The summed E-state index contributed by atoms with van der Waals surface area (Å²) in [4.78, 5) is 29.2. The number of nitrogens with one attached hydrogen (secondary N) is 1. The highest BCUT2D eigenvalue weighted by Crippen LogP contribution is 2.40. The van der Waals surface area contributed by atoms with E-state index in [0.717, 1.165) is 5.56 Å². The minimum atomic E-state index is -0.608. The van der Waals surface area contributed by atoms with Gasteiger partial charge in [0.2, 0.25) is 0 Å². The lowest BCUT2D eigenvalue weighted by atomic mass is 9.91. The van der Waals surface area contributed by atoms with Crippen LogP contribution >= 0.6 is 32.9 Å². The molecule has 3 aromatic rings. The standard InChI is InChI=1S/C20H17NO5S3/c1-2-4-17(24)26-21-19(25)13-6-3-5-12(14-10-28-29-20(14)27)18(13)11-7-8-15(22)16(23)9-11/h3,5-10,22-23H,2,4H2,1H3,(H,21,25). The topological polar surface area (TPSA) is 95.9 Å². The first kappa shape index (κ1) is 21.0. The summed E-state index contributed by atoms with van der Waals surface area (Å²) in [5.41, 5.74) is 4.92. The molecule has 3 rings (SSSR count). The molecule has 6 nitrogen and oxygen atoms in total. The van der Waals surface area contributed by atoms with Gasteiger partial charge in [-0.15, -0.1) is 0 Å². The number of rotatable bonds is 5. The smallest absolute Gasteiger partial charge is 0.332 e. The number of hydrogen-bond acceptors (Lipinski definition) is 8. The second-order valence-electron chi connectivity index (χ2n) is 6.09. The van der Waals surface area contributed by atoms with Gasteiger partial charge in [-0.1, -0.05) is 58.0 Å². The lowest BCUT2D eigenvalue weighted by Crippen LogP contribution is -2.27. The number of carbonyl (C=O) groups excluding carboxylic acids is 2. The van der Waals surface area contributed by atoms with Crippen LogP contribution in [-0.2, 0) is 9.63 Å². The fourth-order valence-electron chi connectivity index (χ4n) is 2.75. The summed E-state index contributed by atoms with van der Waals surface area (Å²) in [5, 5.41) is 21.5. The van der Waals surface area contributed by atoms with Gasteiger partial charge >= 0.3 is 5.97 Å².